The molecule has 3 N–H and O–H groups in total. The minimum absolute atomic E-state index is 0.302. The summed E-state index contributed by atoms with van der Waals surface area (Å²) in [5, 5.41) is 13.7. The summed E-state index contributed by atoms with van der Waals surface area (Å²) in [5.41, 5.74) is 7.27. The highest BCUT2D eigenvalue weighted by atomic mass is 31.1. The lowest BCUT2D eigenvalue weighted by Gasteiger charge is -2.50. The maximum Gasteiger partial charge on any atom is 0.231 e. The number of aromatic nitrogens is 7. The fraction of sp³-hybridized carbons (Fsp3) is 0.425. The van der Waals surface area contributed by atoms with Crippen molar-refractivity contribution in [2.75, 3.05) is 68.8 Å². The standard InChI is InChI=1S/C40H49FN11OP/c1-39(2,25-41)52-19-12-40(13-20-52)10-17-51(18-11-40)32-22-33(53-4)31(21-28(32)26-23-45-50(3)24-26)47-38-48-36-27(9-14-44-36)37(49-38)46-30-8-7-29-34(35(30)54(5)6)43-16-15-42-29/h7-9,14-16,21-24H,10-13,17-20,25H2,1-6H3,(H3,44,46,47,48,49). The van der Waals surface area contributed by atoms with Crippen LogP contribution >= 0.6 is 7.92 Å². The zero-order valence-electron chi connectivity index (χ0n) is 31.9. The number of aryl methyl sites for hydroxylation is 1. The summed E-state index contributed by atoms with van der Waals surface area (Å²) in [5.74, 6) is 1.80. The number of benzene rings is 2. The van der Waals surface area contributed by atoms with Gasteiger partial charge in [-0.15, -0.1) is 0 Å². The van der Waals surface area contributed by atoms with Gasteiger partial charge < -0.3 is 25.3 Å². The van der Waals surface area contributed by atoms with Crippen molar-refractivity contribution in [2.45, 2.75) is 45.1 Å². The Balaban J connectivity index is 1.10. The maximum absolute atomic E-state index is 13.8. The van der Waals surface area contributed by atoms with Gasteiger partial charge in [-0.3, -0.25) is 19.5 Å². The first kappa shape index (κ1) is 36.1. The lowest BCUT2D eigenvalue weighted by Crippen LogP contribution is -2.53. The molecular formula is C40H49FN11OP. The maximum atomic E-state index is 13.8. The van der Waals surface area contributed by atoms with Gasteiger partial charge in [0.1, 0.15) is 23.9 Å². The molecule has 0 bridgehead atoms. The number of H-pyrrole nitrogens is 1. The van der Waals surface area contributed by atoms with E-state index in [-0.39, 0.29) is 6.67 Å². The van der Waals surface area contributed by atoms with Crippen molar-refractivity contribution in [3.63, 3.8) is 0 Å². The molecule has 4 aromatic heterocycles. The van der Waals surface area contributed by atoms with Crippen LogP contribution in [0.1, 0.15) is 39.5 Å². The summed E-state index contributed by atoms with van der Waals surface area (Å²) in [6.07, 6.45) is 13.7. The van der Waals surface area contributed by atoms with E-state index in [4.69, 9.17) is 14.7 Å². The van der Waals surface area contributed by atoms with Gasteiger partial charge in [-0.1, -0.05) is 7.92 Å². The zero-order chi connectivity index (χ0) is 37.6. The SMILES string of the molecule is COc1cc(N2CCC3(CC2)CCN(C(C)(C)CF)CC3)c(-c2cnn(C)c2)cc1Nc1nc(Nc2ccc3nccnc3c2P(C)C)c2cc[nH]c2n1. The number of aromatic amines is 1. The first-order valence-corrected chi connectivity index (χ1v) is 20.9. The number of nitrogens with zero attached hydrogens (tertiary/aromatic N) is 8. The van der Waals surface area contributed by atoms with Gasteiger partial charge >= 0.3 is 0 Å². The molecule has 0 aliphatic carbocycles. The molecule has 14 heteroatoms. The number of hydrogen-bond donors (Lipinski definition) is 3. The average molecular weight is 750 g/mol. The minimum Gasteiger partial charge on any atom is -0.494 e. The molecule has 1 spiro atoms. The van der Waals surface area contributed by atoms with Crippen LogP contribution in [0.5, 0.6) is 5.75 Å². The number of nitrogens with one attached hydrogen (secondary N) is 3. The number of likely N-dealkylation sites (tertiary alicyclic amines) is 1. The molecule has 6 heterocycles. The van der Waals surface area contributed by atoms with Gasteiger partial charge in [0, 0.05) is 84.3 Å². The van der Waals surface area contributed by atoms with Crippen LogP contribution < -0.4 is 25.6 Å². The molecule has 54 heavy (non-hydrogen) atoms. The van der Waals surface area contributed by atoms with Crippen LogP contribution in [-0.2, 0) is 7.05 Å². The Hall–Kier alpha value is -4.87. The van der Waals surface area contributed by atoms with Crippen molar-refractivity contribution in [1.82, 2.24) is 39.6 Å². The molecule has 0 atom stereocenters. The predicted octanol–water partition coefficient (Wildman–Crippen LogP) is 7.59. The molecule has 0 radical (unpaired) electrons. The number of alkyl halides is 1. The number of piperidine rings is 2. The Morgan fingerprint density at radius 1 is 0.963 bits per heavy atom. The van der Waals surface area contributed by atoms with E-state index < -0.39 is 13.5 Å². The molecule has 0 saturated carbocycles. The first-order chi connectivity index (χ1) is 26.1. The summed E-state index contributed by atoms with van der Waals surface area (Å²) in [6.45, 7) is 12.0. The topological polar surface area (TPSA) is 125 Å². The Morgan fingerprint density at radius 3 is 2.43 bits per heavy atom. The molecule has 2 fully saturated rings. The Morgan fingerprint density at radius 2 is 1.72 bits per heavy atom. The summed E-state index contributed by atoms with van der Waals surface area (Å²) < 4.78 is 21.7. The summed E-state index contributed by atoms with van der Waals surface area (Å²) in [4.78, 5) is 27.2. The van der Waals surface area contributed by atoms with Crippen LogP contribution in [0.15, 0.2) is 61.3 Å². The number of methoxy groups -OCH3 is 1. The molecule has 8 rings (SSSR count). The van der Waals surface area contributed by atoms with Crippen LogP contribution in [0.25, 0.3) is 33.2 Å². The van der Waals surface area contributed by atoms with Crippen LogP contribution in [0, 0.1) is 5.41 Å². The van der Waals surface area contributed by atoms with Crippen molar-refractivity contribution < 1.29 is 9.13 Å². The van der Waals surface area contributed by atoms with Gasteiger partial charge in [0.25, 0.3) is 0 Å². The lowest BCUT2D eigenvalue weighted by molar-refractivity contribution is 0.0112. The van der Waals surface area contributed by atoms with E-state index in [1.807, 2.05) is 56.3 Å². The molecule has 0 unspecified atom stereocenters. The van der Waals surface area contributed by atoms with Gasteiger partial charge in [0.05, 0.1) is 35.4 Å². The molecule has 2 aliphatic heterocycles. The third kappa shape index (κ3) is 6.84. The summed E-state index contributed by atoms with van der Waals surface area (Å²) in [6, 6.07) is 10.3. The zero-order valence-corrected chi connectivity index (χ0v) is 32.8. The third-order valence-electron chi connectivity index (χ3n) is 11.5. The number of halogens is 1. The van der Waals surface area contributed by atoms with Gasteiger partial charge in [0.15, 0.2) is 0 Å². The second-order valence-corrected chi connectivity index (χ2v) is 17.8. The Labute approximate surface area is 316 Å². The second-order valence-electron chi connectivity index (χ2n) is 15.6. The highest BCUT2D eigenvalue weighted by Crippen LogP contribution is 2.47. The molecule has 0 amide bonds. The quantitative estimate of drug-likeness (QED) is 0.121. The molecule has 282 valence electrons. The number of fused-ring (bicyclic) bond motifs is 2. The van der Waals surface area contributed by atoms with Crippen LogP contribution in [-0.4, -0.2) is 98.4 Å². The average Bonchev–Trinajstić information content (AvgIpc) is 3.84. The van der Waals surface area contributed by atoms with Crippen molar-refractivity contribution in [1.29, 1.82) is 0 Å². The van der Waals surface area contributed by atoms with E-state index in [2.05, 4.69) is 72.0 Å². The number of ether oxygens (including phenoxy) is 1. The predicted molar refractivity (Wildman–Crippen MR) is 218 cm³/mol. The molecule has 2 aromatic carbocycles. The Bertz CT molecular complexity index is 2290. The number of hydrogen-bond acceptors (Lipinski definition) is 10. The van der Waals surface area contributed by atoms with Gasteiger partial charge in [0.2, 0.25) is 5.95 Å². The van der Waals surface area contributed by atoms with Crippen LogP contribution in [0.3, 0.4) is 0 Å². The lowest BCUT2D eigenvalue weighted by atomic mass is 9.70. The van der Waals surface area contributed by atoms with E-state index in [1.54, 1.807) is 19.5 Å². The van der Waals surface area contributed by atoms with E-state index in [0.29, 0.717) is 28.6 Å². The van der Waals surface area contributed by atoms with E-state index in [0.717, 1.165) is 102 Å². The van der Waals surface area contributed by atoms with E-state index in [9.17, 15) is 4.39 Å². The molecule has 2 saturated heterocycles. The van der Waals surface area contributed by atoms with Crippen molar-refractivity contribution in [3.8, 4) is 16.9 Å². The number of rotatable bonds is 10. The highest BCUT2D eigenvalue weighted by molar-refractivity contribution is 7.65. The second kappa shape index (κ2) is 14.4. The minimum atomic E-state index is -0.518. The summed E-state index contributed by atoms with van der Waals surface area (Å²) in [7, 11) is 3.12. The summed E-state index contributed by atoms with van der Waals surface area (Å²) >= 11 is 0. The third-order valence-corrected chi connectivity index (χ3v) is 12.8. The fourth-order valence-electron chi connectivity index (χ4n) is 8.20. The van der Waals surface area contributed by atoms with Gasteiger partial charge in [-0.05, 0) is 95.6 Å². The van der Waals surface area contributed by atoms with Crippen molar-refractivity contribution >= 4 is 64.1 Å². The van der Waals surface area contributed by atoms with E-state index >= 15 is 0 Å². The fourth-order valence-corrected chi connectivity index (χ4v) is 9.41. The largest absolute Gasteiger partial charge is 0.494 e. The van der Waals surface area contributed by atoms with Crippen molar-refractivity contribution in [2.24, 2.45) is 12.5 Å². The highest BCUT2D eigenvalue weighted by Gasteiger charge is 2.41. The van der Waals surface area contributed by atoms with Crippen LogP contribution in [0.2, 0.25) is 0 Å². The normalized spacial score (nSPS) is 16.5. The van der Waals surface area contributed by atoms with Gasteiger partial charge in [-0.25, -0.2) is 4.39 Å². The van der Waals surface area contributed by atoms with E-state index in [1.165, 1.54) is 0 Å². The first-order valence-electron chi connectivity index (χ1n) is 18.6. The smallest absolute Gasteiger partial charge is 0.231 e. The van der Waals surface area contributed by atoms with Crippen molar-refractivity contribution in [3.05, 3.63) is 61.3 Å². The van der Waals surface area contributed by atoms with Gasteiger partial charge in [-0.2, -0.15) is 15.1 Å². The number of anilines is 5. The Kier molecular flexibility index (Phi) is 9.64. The molecule has 6 aromatic rings. The van der Waals surface area contributed by atoms with Crippen LogP contribution in [0.4, 0.5) is 33.2 Å². The molecular weight excluding hydrogens is 700 g/mol. The molecule has 12 nitrogen and oxygen atoms in total. The molecule has 2 aliphatic rings. The monoisotopic (exact) mass is 749 g/mol.